The highest BCUT2D eigenvalue weighted by atomic mass is 32.1. The van der Waals surface area contributed by atoms with Gasteiger partial charge in [0.2, 0.25) is 0 Å². The Kier molecular flexibility index (Phi) is 5.27. The molecule has 0 aliphatic carbocycles. The van der Waals surface area contributed by atoms with E-state index in [0.717, 1.165) is 17.8 Å². The monoisotopic (exact) mass is 270 g/mol. The van der Waals surface area contributed by atoms with Gasteiger partial charge in [0, 0.05) is 13.6 Å². The zero-order chi connectivity index (χ0) is 13.7. The van der Waals surface area contributed by atoms with Crippen LogP contribution in [0.15, 0.2) is 6.20 Å². The Labute approximate surface area is 110 Å². The highest BCUT2D eigenvalue weighted by molar-refractivity contribution is 7.13. The van der Waals surface area contributed by atoms with E-state index in [0.29, 0.717) is 4.88 Å². The lowest BCUT2D eigenvalue weighted by atomic mass is 10.2. The lowest BCUT2D eigenvalue weighted by molar-refractivity contribution is -0.141. The number of aromatic nitrogens is 1. The normalized spacial score (nSPS) is 12.2. The summed E-state index contributed by atoms with van der Waals surface area (Å²) in [6.45, 7) is 3.85. The summed E-state index contributed by atoms with van der Waals surface area (Å²) in [5.41, 5.74) is 0. The molecule has 100 valence electrons. The van der Waals surface area contributed by atoms with Gasteiger partial charge >= 0.3 is 5.97 Å². The highest BCUT2D eigenvalue weighted by Gasteiger charge is 2.20. The SMILES string of the molecule is CCCc1ncc(C(=O)N(C)CC(C)C(=O)O)s1. The number of hydrogen-bond donors (Lipinski definition) is 1. The third-order valence-corrected chi connectivity index (χ3v) is 3.59. The molecule has 0 aromatic carbocycles. The zero-order valence-electron chi connectivity index (χ0n) is 10.8. The van der Waals surface area contributed by atoms with E-state index in [1.807, 2.05) is 0 Å². The second kappa shape index (κ2) is 6.49. The van der Waals surface area contributed by atoms with Gasteiger partial charge in [-0.2, -0.15) is 0 Å². The average Bonchev–Trinajstić information content (AvgIpc) is 2.76. The Morgan fingerprint density at radius 1 is 1.56 bits per heavy atom. The highest BCUT2D eigenvalue weighted by Crippen LogP contribution is 2.16. The summed E-state index contributed by atoms with van der Waals surface area (Å²) in [7, 11) is 1.61. The maximum Gasteiger partial charge on any atom is 0.308 e. The first kappa shape index (κ1) is 14.6. The van der Waals surface area contributed by atoms with E-state index >= 15 is 0 Å². The third kappa shape index (κ3) is 3.80. The van der Waals surface area contributed by atoms with E-state index in [4.69, 9.17) is 5.11 Å². The van der Waals surface area contributed by atoms with Crippen molar-refractivity contribution < 1.29 is 14.7 Å². The van der Waals surface area contributed by atoms with Gasteiger partial charge in [0.1, 0.15) is 4.88 Å². The van der Waals surface area contributed by atoms with Crippen molar-refractivity contribution in [2.24, 2.45) is 5.92 Å². The van der Waals surface area contributed by atoms with Crippen molar-refractivity contribution in [3.05, 3.63) is 16.1 Å². The number of carboxylic acids is 1. The Morgan fingerprint density at radius 3 is 2.78 bits per heavy atom. The smallest absolute Gasteiger partial charge is 0.308 e. The van der Waals surface area contributed by atoms with E-state index < -0.39 is 11.9 Å². The molecule has 0 aliphatic rings. The van der Waals surface area contributed by atoms with Crippen LogP contribution >= 0.6 is 11.3 Å². The first-order chi connectivity index (χ1) is 8.45. The zero-order valence-corrected chi connectivity index (χ0v) is 11.7. The second-order valence-corrected chi connectivity index (χ2v) is 5.41. The standard InChI is InChI=1S/C12H18N2O3S/c1-4-5-10-13-6-9(18-10)11(15)14(3)7-8(2)12(16)17/h6,8H,4-5,7H2,1-3H3,(H,16,17). The van der Waals surface area contributed by atoms with Crippen LogP contribution in [0.25, 0.3) is 0 Å². The minimum atomic E-state index is -0.898. The van der Waals surface area contributed by atoms with E-state index in [9.17, 15) is 9.59 Å². The van der Waals surface area contributed by atoms with Crippen molar-refractivity contribution in [3.8, 4) is 0 Å². The van der Waals surface area contributed by atoms with E-state index in [1.165, 1.54) is 16.2 Å². The fourth-order valence-corrected chi connectivity index (χ4v) is 2.51. The largest absolute Gasteiger partial charge is 0.481 e. The van der Waals surface area contributed by atoms with Gasteiger partial charge in [-0.1, -0.05) is 13.8 Å². The maximum atomic E-state index is 12.0. The van der Waals surface area contributed by atoms with Gasteiger partial charge in [-0.15, -0.1) is 11.3 Å². The number of carboxylic acid groups (broad SMARTS) is 1. The van der Waals surface area contributed by atoms with Crippen LogP contribution in [-0.2, 0) is 11.2 Å². The predicted molar refractivity (Wildman–Crippen MR) is 69.9 cm³/mol. The lowest BCUT2D eigenvalue weighted by Crippen LogP contribution is -2.33. The Hall–Kier alpha value is -1.43. The summed E-state index contributed by atoms with van der Waals surface area (Å²) < 4.78 is 0. The van der Waals surface area contributed by atoms with E-state index in [2.05, 4.69) is 11.9 Å². The topological polar surface area (TPSA) is 70.5 Å². The number of amides is 1. The number of nitrogens with zero attached hydrogens (tertiary/aromatic N) is 2. The van der Waals surface area contributed by atoms with Crippen LogP contribution in [0, 0.1) is 5.92 Å². The molecule has 5 nitrogen and oxygen atoms in total. The molecule has 1 aromatic heterocycles. The molecule has 1 rings (SSSR count). The molecule has 1 unspecified atom stereocenters. The quantitative estimate of drug-likeness (QED) is 0.857. The molecule has 18 heavy (non-hydrogen) atoms. The summed E-state index contributed by atoms with van der Waals surface area (Å²) in [4.78, 5) is 28.9. The molecule has 1 amide bonds. The van der Waals surface area contributed by atoms with Crippen molar-refractivity contribution >= 4 is 23.2 Å². The van der Waals surface area contributed by atoms with Crippen LogP contribution < -0.4 is 0 Å². The van der Waals surface area contributed by atoms with Gasteiger partial charge in [0.15, 0.2) is 0 Å². The second-order valence-electron chi connectivity index (χ2n) is 4.29. The van der Waals surface area contributed by atoms with Gasteiger partial charge in [-0.25, -0.2) is 4.98 Å². The number of thiazole rings is 1. The molecule has 0 saturated carbocycles. The fraction of sp³-hybridized carbons (Fsp3) is 0.583. The predicted octanol–water partition coefficient (Wildman–Crippen LogP) is 1.89. The minimum Gasteiger partial charge on any atom is -0.481 e. The number of aryl methyl sites for hydroxylation is 1. The average molecular weight is 270 g/mol. The first-order valence-electron chi connectivity index (χ1n) is 5.88. The number of carbonyl (C=O) groups excluding carboxylic acids is 1. The molecule has 0 fully saturated rings. The molecule has 0 saturated heterocycles. The first-order valence-corrected chi connectivity index (χ1v) is 6.70. The maximum absolute atomic E-state index is 12.0. The van der Waals surface area contributed by atoms with Crippen LogP contribution in [0.2, 0.25) is 0 Å². The molecule has 1 N–H and O–H groups in total. The lowest BCUT2D eigenvalue weighted by Gasteiger charge is -2.18. The van der Waals surface area contributed by atoms with Crippen LogP contribution in [0.3, 0.4) is 0 Å². The summed E-state index contributed by atoms with van der Waals surface area (Å²) in [5.74, 6) is -1.63. The van der Waals surface area contributed by atoms with E-state index in [1.54, 1.807) is 20.2 Å². The summed E-state index contributed by atoms with van der Waals surface area (Å²) >= 11 is 1.38. The molecule has 1 heterocycles. The molecule has 0 radical (unpaired) electrons. The van der Waals surface area contributed by atoms with Gasteiger partial charge in [-0.05, 0) is 12.8 Å². The number of carbonyl (C=O) groups is 2. The minimum absolute atomic E-state index is 0.164. The molecule has 6 heteroatoms. The van der Waals surface area contributed by atoms with Crippen molar-refractivity contribution in [3.63, 3.8) is 0 Å². The van der Waals surface area contributed by atoms with Gasteiger partial charge in [-0.3, -0.25) is 9.59 Å². The van der Waals surface area contributed by atoms with Crippen molar-refractivity contribution in [1.29, 1.82) is 0 Å². The Balaban J connectivity index is 2.64. The summed E-state index contributed by atoms with van der Waals surface area (Å²) in [5, 5.41) is 9.75. The van der Waals surface area contributed by atoms with Crippen LogP contribution in [0.4, 0.5) is 0 Å². The van der Waals surface area contributed by atoms with Gasteiger partial charge < -0.3 is 10.0 Å². The number of hydrogen-bond acceptors (Lipinski definition) is 4. The molecule has 1 aromatic rings. The van der Waals surface area contributed by atoms with Crippen molar-refractivity contribution in [1.82, 2.24) is 9.88 Å². The number of rotatable bonds is 6. The van der Waals surface area contributed by atoms with Crippen molar-refractivity contribution in [2.45, 2.75) is 26.7 Å². The fourth-order valence-electron chi connectivity index (χ4n) is 1.50. The van der Waals surface area contributed by atoms with Crippen LogP contribution in [0.1, 0.15) is 34.9 Å². The summed E-state index contributed by atoms with van der Waals surface area (Å²) in [6.07, 6.45) is 3.43. The molecular formula is C12H18N2O3S. The Bertz CT molecular complexity index is 431. The molecule has 0 aliphatic heterocycles. The van der Waals surface area contributed by atoms with Crippen molar-refractivity contribution in [2.75, 3.05) is 13.6 Å². The van der Waals surface area contributed by atoms with E-state index in [-0.39, 0.29) is 12.5 Å². The number of aliphatic carboxylic acids is 1. The molecule has 0 spiro atoms. The van der Waals surface area contributed by atoms with Crippen LogP contribution in [-0.4, -0.2) is 40.5 Å². The van der Waals surface area contributed by atoms with Gasteiger partial charge in [0.05, 0.1) is 17.1 Å². The molecule has 0 bridgehead atoms. The van der Waals surface area contributed by atoms with Crippen LogP contribution in [0.5, 0.6) is 0 Å². The molecular weight excluding hydrogens is 252 g/mol. The third-order valence-electron chi connectivity index (χ3n) is 2.54. The molecule has 1 atom stereocenters. The van der Waals surface area contributed by atoms with Gasteiger partial charge in [0.25, 0.3) is 5.91 Å². The summed E-state index contributed by atoms with van der Waals surface area (Å²) in [6, 6.07) is 0. The Morgan fingerprint density at radius 2 is 2.22 bits per heavy atom.